The van der Waals surface area contributed by atoms with Crippen molar-refractivity contribution >= 4 is 11.8 Å². The molecule has 4 atom stereocenters. The first-order valence-corrected chi connectivity index (χ1v) is 9.59. The lowest BCUT2D eigenvalue weighted by atomic mass is 9.77. The largest absolute Gasteiger partial charge is 0.493 e. The van der Waals surface area contributed by atoms with Crippen LogP contribution in [-0.2, 0) is 9.53 Å². The van der Waals surface area contributed by atoms with Crippen molar-refractivity contribution in [3.63, 3.8) is 0 Å². The van der Waals surface area contributed by atoms with E-state index < -0.39 is 77.2 Å². The zero-order valence-electron chi connectivity index (χ0n) is 20.6. The van der Waals surface area contributed by atoms with Crippen molar-refractivity contribution in [3.8, 4) is 5.75 Å². The molecule has 2 aromatic rings. The first kappa shape index (κ1) is 21.1. The fourth-order valence-electron chi connectivity index (χ4n) is 3.85. The molecule has 0 radical (unpaired) electrons. The van der Waals surface area contributed by atoms with Crippen LogP contribution in [0.25, 0.3) is 0 Å². The van der Waals surface area contributed by atoms with E-state index in [1.54, 1.807) is 0 Å². The standard InChI is InChI=1S/C21H20F5N3O5/c1-9-14(11-4-5-12(22)15(23)16(11)33-3)17(34-20(9,2)21(24,25)26)19(31)28-10-6-7-29(32)13(8-10)18(27)30/h4-9,14,17,32H,1-3H3,(H2,27,30)/t9-,14+,17+,20+/m1/s1/i3D3. The van der Waals surface area contributed by atoms with Gasteiger partial charge in [0, 0.05) is 23.6 Å². The number of primary amides is 1. The number of rotatable bonds is 4. The summed E-state index contributed by atoms with van der Waals surface area (Å²) in [6, 6.07) is 3.25. The molecule has 2 heterocycles. The Balaban J connectivity index is 2.22. The average molecular weight is 492 g/mol. The predicted molar refractivity (Wildman–Crippen MR) is 105 cm³/mol. The fourth-order valence-corrected chi connectivity index (χ4v) is 3.85. The second-order valence-corrected chi connectivity index (χ2v) is 7.77. The summed E-state index contributed by atoms with van der Waals surface area (Å²) in [7, 11) is -3.32. The zero-order valence-corrected chi connectivity index (χ0v) is 17.6. The molecule has 184 valence electrons. The number of pyridine rings is 1. The van der Waals surface area contributed by atoms with Crippen LogP contribution in [0.15, 0.2) is 35.5 Å². The van der Waals surface area contributed by atoms with Crippen molar-refractivity contribution < 1.29 is 50.3 Å². The van der Waals surface area contributed by atoms with E-state index in [0.717, 1.165) is 31.3 Å². The molecule has 3 N–H and O–H groups in total. The van der Waals surface area contributed by atoms with Crippen molar-refractivity contribution in [1.29, 1.82) is 0 Å². The summed E-state index contributed by atoms with van der Waals surface area (Å²) in [5.74, 6) is -10.3. The van der Waals surface area contributed by atoms with E-state index in [9.17, 15) is 36.7 Å². The molecule has 1 saturated heterocycles. The van der Waals surface area contributed by atoms with Crippen LogP contribution in [-0.4, -0.2) is 46.7 Å². The van der Waals surface area contributed by atoms with Crippen LogP contribution in [0.5, 0.6) is 5.75 Å². The minimum Gasteiger partial charge on any atom is -0.493 e. The number of halogens is 5. The molecule has 0 saturated carbocycles. The molecular weight excluding hydrogens is 469 g/mol. The second-order valence-electron chi connectivity index (χ2n) is 7.77. The molecule has 1 aliphatic heterocycles. The third-order valence-electron chi connectivity index (χ3n) is 5.86. The van der Waals surface area contributed by atoms with E-state index in [1.165, 1.54) is 0 Å². The number of amides is 2. The van der Waals surface area contributed by atoms with Gasteiger partial charge in [-0.05, 0) is 25.1 Å². The van der Waals surface area contributed by atoms with E-state index in [-0.39, 0.29) is 5.36 Å². The molecule has 1 aliphatic rings. The van der Waals surface area contributed by atoms with Crippen molar-refractivity contribution in [2.45, 2.75) is 37.6 Å². The highest BCUT2D eigenvalue weighted by molar-refractivity contribution is 5.91. The van der Waals surface area contributed by atoms with Crippen LogP contribution in [0.1, 0.15) is 39.9 Å². The number of carbonyl (C=O) groups is 2. The first-order chi connectivity index (χ1) is 16.9. The van der Waals surface area contributed by atoms with Crippen LogP contribution < -0.4 is 15.8 Å². The van der Waals surface area contributed by atoms with E-state index in [2.05, 4.69) is 9.73 Å². The SMILES string of the molecule is [2H]C([2H])([2H])Oc1c([C@H]2[C@@H](C(=O)N=c3ccn(O)c(C(N)=O)c3)O[C@](C)(C(F)(F)F)[C@@H]2C)ccc(F)c1F. The van der Waals surface area contributed by atoms with E-state index in [4.69, 9.17) is 14.6 Å². The molecule has 2 amide bonds. The number of benzene rings is 1. The van der Waals surface area contributed by atoms with Gasteiger partial charge in [-0.25, -0.2) is 9.38 Å². The molecule has 1 aromatic carbocycles. The van der Waals surface area contributed by atoms with Gasteiger partial charge in [-0.15, -0.1) is 0 Å². The second kappa shape index (κ2) is 8.70. The van der Waals surface area contributed by atoms with Gasteiger partial charge in [0.1, 0.15) is 11.8 Å². The van der Waals surface area contributed by atoms with Crippen molar-refractivity contribution in [2.75, 3.05) is 7.04 Å². The van der Waals surface area contributed by atoms with Gasteiger partial charge in [-0.1, -0.05) is 13.0 Å². The maximum absolute atomic E-state index is 14.6. The minimum absolute atomic E-state index is 0.302. The van der Waals surface area contributed by atoms with Crippen LogP contribution in [0.4, 0.5) is 22.0 Å². The Morgan fingerprint density at radius 3 is 2.59 bits per heavy atom. The Kier molecular flexibility index (Phi) is 5.40. The zero-order chi connectivity index (χ0) is 28.1. The van der Waals surface area contributed by atoms with Crippen LogP contribution in [0.2, 0.25) is 0 Å². The summed E-state index contributed by atoms with van der Waals surface area (Å²) < 4.78 is 103. The maximum atomic E-state index is 14.6. The van der Waals surface area contributed by atoms with Gasteiger partial charge in [0.2, 0.25) is 5.82 Å². The number of aromatic nitrogens is 1. The summed E-state index contributed by atoms with van der Waals surface area (Å²) in [4.78, 5) is 28.2. The van der Waals surface area contributed by atoms with Gasteiger partial charge in [0.15, 0.2) is 17.2 Å². The summed E-state index contributed by atoms with van der Waals surface area (Å²) in [6.07, 6.45) is -6.25. The molecule has 8 nitrogen and oxygen atoms in total. The number of nitrogens with zero attached hydrogens (tertiary/aromatic N) is 2. The number of hydrogen-bond acceptors (Lipinski definition) is 5. The van der Waals surface area contributed by atoms with Crippen molar-refractivity contribution in [2.24, 2.45) is 16.6 Å². The lowest BCUT2D eigenvalue weighted by Crippen LogP contribution is -2.47. The quantitative estimate of drug-likeness (QED) is 0.503. The summed E-state index contributed by atoms with van der Waals surface area (Å²) in [5.41, 5.74) is 1.03. The van der Waals surface area contributed by atoms with Crippen molar-refractivity contribution in [3.05, 3.63) is 58.7 Å². The lowest BCUT2D eigenvalue weighted by Gasteiger charge is -2.32. The molecule has 0 aliphatic carbocycles. The number of carbonyl (C=O) groups excluding carboxylic acids is 2. The highest BCUT2D eigenvalue weighted by Gasteiger charge is 2.65. The average Bonchev–Trinajstić information content (AvgIpc) is 3.04. The number of hydrogen-bond donors (Lipinski definition) is 2. The van der Waals surface area contributed by atoms with Gasteiger partial charge < -0.3 is 20.4 Å². The summed E-state index contributed by atoms with van der Waals surface area (Å²) in [5, 5.41) is 9.32. The molecule has 1 aromatic heterocycles. The Labute approximate surface area is 193 Å². The molecular formula is C21H20F5N3O5. The van der Waals surface area contributed by atoms with Crippen LogP contribution in [0, 0.1) is 17.6 Å². The molecule has 3 rings (SSSR count). The number of nitrogens with two attached hydrogens (primary N) is 1. The Bertz CT molecular complexity index is 1310. The molecule has 34 heavy (non-hydrogen) atoms. The smallest absolute Gasteiger partial charge is 0.417 e. The number of ether oxygens (including phenoxy) is 2. The first-order valence-electron chi connectivity index (χ1n) is 11.1. The highest BCUT2D eigenvalue weighted by atomic mass is 19.4. The Hall–Kier alpha value is -3.48. The van der Waals surface area contributed by atoms with Gasteiger partial charge in [-0.2, -0.15) is 22.3 Å². The topological polar surface area (TPSA) is 116 Å². The predicted octanol–water partition coefficient (Wildman–Crippen LogP) is 2.68. The fraction of sp³-hybridized carbons (Fsp3) is 0.381. The van der Waals surface area contributed by atoms with Gasteiger partial charge in [-0.3, -0.25) is 9.59 Å². The molecule has 13 heteroatoms. The van der Waals surface area contributed by atoms with Crippen molar-refractivity contribution in [1.82, 2.24) is 4.73 Å². The Morgan fingerprint density at radius 1 is 1.32 bits per heavy atom. The van der Waals surface area contributed by atoms with Gasteiger partial charge in [0.25, 0.3) is 11.8 Å². The lowest BCUT2D eigenvalue weighted by molar-refractivity contribution is -0.272. The van der Waals surface area contributed by atoms with Crippen LogP contribution in [0.3, 0.4) is 0 Å². The monoisotopic (exact) mass is 492 g/mol. The van der Waals surface area contributed by atoms with Gasteiger partial charge >= 0.3 is 6.18 Å². The van der Waals surface area contributed by atoms with Crippen LogP contribution >= 0.6 is 0 Å². The molecule has 0 unspecified atom stereocenters. The summed E-state index contributed by atoms with van der Waals surface area (Å²) >= 11 is 0. The van der Waals surface area contributed by atoms with E-state index >= 15 is 0 Å². The number of methoxy groups -OCH3 is 1. The van der Waals surface area contributed by atoms with E-state index in [1.807, 2.05) is 0 Å². The third kappa shape index (κ3) is 4.11. The normalized spacial score (nSPS) is 27.1. The minimum atomic E-state index is -5.06. The summed E-state index contributed by atoms with van der Waals surface area (Å²) in [6.45, 7) is 1.68. The third-order valence-corrected chi connectivity index (χ3v) is 5.86. The van der Waals surface area contributed by atoms with Gasteiger partial charge in [0.05, 0.1) is 16.5 Å². The molecule has 0 spiro atoms. The van der Waals surface area contributed by atoms with E-state index in [0.29, 0.717) is 17.7 Å². The molecule has 1 fully saturated rings. The highest BCUT2D eigenvalue weighted by Crippen LogP contribution is 2.55. The number of alkyl halides is 3. The Morgan fingerprint density at radius 2 is 2.00 bits per heavy atom. The molecule has 0 bridgehead atoms. The maximum Gasteiger partial charge on any atom is 0.417 e.